The van der Waals surface area contributed by atoms with Crippen molar-refractivity contribution in [1.29, 1.82) is 0 Å². The minimum absolute atomic E-state index is 0.442. The van der Waals surface area contributed by atoms with E-state index in [1.54, 1.807) is 17.8 Å². The Labute approximate surface area is 125 Å². The highest BCUT2D eigenvalue weighted by Crippen LogP contribution is 2.31. The molecule has 0 saturated heterocycles. The number of Topliss-reactive ketones (excluding diaryl/α,β-unsaturated/α-hetero) is 1. The molecule has 0 atom stereocenters. The van der Waals surface area contributed by atoms with Crippen molar-refractivity contribution in [3.63, 3.8) is 0 Å². The second kappa shape index (κ2) is 5.31. The lowest BCUT2D eigenvalue weighted by atomic mass is 10.1. The summed E-state index contributed by atoms with van der Waals surface area (Å²) in [6, 6.07) is 13.0. The van der Waals surface area contributed by atoms with E-state index >= 15 is 0 Å². The highest BCUT2D eigenvalue weighted by molar-refractivity contribution is 7.98. The standard InChI is InChI=1S/C15H10ClNO2S/c16-12-4-2-1-3-9(12)8-20-10-5-6-11-13(7-10)17-15(19)14(11)18/h1-7H,8H2,(H,17,18,19). The topological polar surface area (TPSA) is 46.2 Å². The van der Waals surface area contributed by atoms with E-state index in [4.69, 9.17) is 11.6 Å². The van der Waals surface area contributed by atoms with Crippen LogP contribution in [0.5, 0.6) is 0 Å². The SMILES string of the molecule is O=C1Nc2cc(SCc3ccccc3Cl)ccc2C1=O. The summed E-state index contributed by atoms with van der Waals surface area (Å²) >= 11 is 7.72. The van der Waals surface area contributed by atoms with Crippen LogP contribution in [0.15, 0.2) is 47.4 Å². The predicted octanol–water partition coefficient (Wildman–Crippen LogP) is 3.77. The molecular weight excluding hydrogens is 294 g/mol. The van der Waals surface area contributed by atoms with Crippen molar-refractivity contribution in [2.45, 2.75) is 10.6 Å². The van der Waals surface area contributed by atoms with Crippen LogP contribution in [-0.2, 0) is 10.5 Å². The number of halogens is 1. The normalized spacial score (nSPS) is 13.2. The summed E-state index contributed by atoms with van der Waals surface area (Å²) in [5, 5.41) is 3.31. The Kier molecular flexibility index (Phi) is 3.51. The van der Waals surface area contributed by atoms with Gasteiger partial charge in [0.25, 0.3) is 11.7 Å². The third-order valence-corrected chi connectivity index (χ3v) is 4.45. The van der Waals surface area contributed by atoms with Crippen LogP contribution in [0.3, 0.4) is 0 Å². The van der Waals surface area contributed by atoms with Crippen LogP contribution in [0.2, 0.25) is 5.02 Å². The van der Waals surface area contributed by atoms with E-state index in [0.717, 1.165) is 21.2 Å². The van der Waals surface area contributed by atoms with E-state index in [9.17, 15) is 9.59 Å². The van der Waals surface area contributed by atoms with Gasteiger partial charge in [0.05, 0.1) is 11.3 Å². The third kappa shape index (κ3) is 2.44. The Morgan fingerprint density at radius 1 is 1.10 bits per heavy atom. The van der Waals surface area contributed by atoms with Gasteiger partial charge in [0.15, 0.2) is 0 Å². The molecular formula is C15H10ClNO2S. The molecule has 3 nitrogen and oxygen atoms in total. The van der Waals surface area contributed by atoms with E-state index in [-0.39, 0.29) is 0 Å². The highest BCUT2D eigenvalue weighted by atomic mass is 35.5. The first-order valence-electron chi connectivity index (χ1n) is 6.01. The zero-order valence-corrected chi connectivity index (χ0v) is 11.9. The van der Waals surface area contributed by atoms with Gasteiger partial charge in [-0.1, -0.05) is 29.8 Å². The van der Waals surface area contributed by atoms with Gasteiger partial charge in [-0.25, -0.2) is 0 Å². The van der Waals surface area contributed by atoms with Crippen LogP contribution in [-0.4, -0.2) is 11.7 Å². The van der Waals surface area contributed by atoms with Gasteiger partial charge in [-0.15, -0.1) is 11.8 Å². The van der Waals surface area contributed by atoms with Crippen molar-refractivity contribution in [3.8, 4) is 0 Å². The van der Waals surface area contributed by atoms with E-state index in [0.29, 0.717) is 11.3 Å². The zero-order chi connectivity index (χ0) is 14.1. The minimum Gasteiger partial charge on any atom is -0.318 e. The van der Waals surface area contributed by atoms with Crippen LogP contribution in [0.4, 0.5) is 5.69 Å². The fraction of sp³-hybridized carbons (Fsp3) is 0.0667. The molecule has 1 aliphatic heterocycles. The molecule has 2 aromatic rings. The van der Waals surface area contributed by atoms with Crippen molar-refractivity contribution in [2.24, 2.45) is 0 Å². The maximum absolute atomic E-state index is 11.5. The number of thioether (sulfide) groups is 1. The zero-order valence-electron chi connectivity index (χ0n) is 10.4. The first kappa shape index (κ1) is 13.2. The molecule has 1 aliphatic rings. The van der Waals surface area contributed by atoms with Crippen LogP contribution in [0.25, 0.3) is 0 Å². The summed E-state index contributed by atoms with van der Waals surface area (Å²) < 4.78 is 0. The molecule has 0 spiro atoms. The fourth-order valence-electron chi connectivity index (χ4n) is 1.99. The smallest absolute Gasteiger partial charge is 0.296 e. The molecule has 0 aromatic heterocycles. The largest absolute Gasteiger partial charge is 0.318 e. The lowest BCUT2D eigenvalue weighted by molar-refractivity contribution is -0.112. The quantitative estimate of drug-likeness (QED) is 0.693. The summed E-state index contributed by atoms with van der Waals surface area (Å²) in [5.41, 5.74) is 2.08. The van der Waals surface area contributed by atoms with Crippen LogP contribution < -0.4 is 5.32 Å². The molecule has 0 bridgehead atoms. The number of benzene rings is 2. The number of amides is 1. The Balaban J connectivity index is 1.77. The minimum atomic E-state index is -0.562. The lowest BCUT2D eigenvalue weighted by Crippen LogP contribution is -2.12. The van der Waals surface area contributed by atoms with Crippen molar-refractivity contribution < 1.29 is 9.59 Å². The molecule has 1 N–H and O–H groups in total. The summed E-state index contributed by atoms with van der Waals surface area (Å²) in [6.45, 7) is 0. The summed E-state index contributed by atoms with van der Waals surface area (Å²) in [6.07, 6.45) is 0. The summed E-state index contributed by atoms with van der Waals surface area (Å²) in [7, 11) is 0. The Bertz CT molecular complexity index is 715. The van der Waals surface area contributed by atoms with E-state index < -0.39 is 11.7 Å². The fourth-order valence-corrected chi connectivity index (χ4v) is 3.21. The van der Waals surface area contributed by atoms with Gasteiger partial charge in [0, 0.05) is 15.7 Å². The van der Waals surface area contributed by atoms with Crippen molar-refractivity contribution in [1.82, 2.24) is 0 Å². The Morgan fingerprint density at radius 2 is 1.90 bits per heavy atom. The Hall–Kier alpha value is -1.78. The predicted molar refractivity (Wildman–Crippen MR) is 80.4 cm³/mol. The Morgan fingerprint density at radius 3 is 2.70 bits per heavy atom. The molecule has 0 unspecified atom stereocenters. The van der Waals surface area contributed by atoms with E-state index in [1.165, 1.54) is 0 Å². The summed E-state index contributed by atoms with van der Waals surface area (Å²) in [4.78, 5) is 23.8. The maximum Gasteiger partial charge on any atom is 0.296 e. The number of hydrogen-bond donors (Lipinski definition) is 1. The van der Waals surface area contributed by atoms with Gasteiger partial charge in [-0.05, 0) is 29.8 Å². The number of carbonyl (C=O) groups is 2. The van der Waals surface area contributed by atoms with Gasteiger partial charge < -0.3 is 5.32 Å². The second-order valence-electron chi connectivity index (χ2n) is 4.37. The monoisotopic (exact) mass is 303 g/mol. The highest BCUT2D eigenvalue weighted by Gasteiger charge is 2.27. The average molecular weight is 304 g/mol. The van der Waals surface area contributed by atoms with Gasteiger partial charge in [0.2, 0.25) is 0 Å². The third-order valence-electron chi connectivity index (χ3n) is 3.04. The first-order chi connectivity index (χ1) is 9.65. The number of rotatable bonds is 3. The average Bonchev–Trinajstić information content (AvgIpc) is 2.73. The molecule has 1 amide bonds. The number of ketones is 1. The molecule has 5 heteroatoms. The van der Waals surface area contributed by atoms with E-state index in [1.807, 2.05) is 36.4 Å². The van der Waals surface area contributed by atoms with Gasteiger partial charge in [0.1, 0.15) is 0 Å². The first-order valence-corrected chi connectivity index (χ1v) is 7.37. The van der Waals surface area contributed by atoms with Crippen LogP contribution in [0.1, 0.15) is 15.9 Å². The molecule has 2 aromatic carbocycles. The summed E-state index contributed by atoms with van der Waals surface area (Å²) in [5.74, 6) is -0.295. The van der Waals surface area contributed by atoms with Crippen LogP contribution in [0, 0.1) is 0 Å². The molecule has 0 fully saturated rings. The van der Waals surface area contributed by atoms with E-state index in [2.05, 4.69) is 5.32 Å². The second-order valence-corrected chi connectivity index (χ2v) is 5.83. The molecule has 20 heavy (non-hydrogen) atoms. The van der Waals surface area contributed by atoms with Crippen molar-refractivity contribution in [2.75, 3.05) is 5.32 Å². The molecule has 0 aliphatic carbocycles. The molecule has 0 saturated carbocycles. The number of hydrogen-bond acceptors (Lipinski definition) is 3. The number of anilines is 1. The van der Waals surface area contributed by atoms with Crippen LogP contribution >= 0.6 is 23.4 Å². The van der Waals surface area contributed by atoms with Crippen molar-refractivity contribution in [3.05, 3.63) is 58.6 Å². The van der Waals surface area contributed by atoms with Gasteiger partial charge in [-0.3, -0.25) is 9.59 Å². The molecule has 1 heterocycles. The number of fused-ring (bicyclic) bond motifs is 1. The van der Waals surface area contributed by atoms with Gasteiger partial charge in [-0.2, -0.15) is 0 Å². The molecule has 3 rings (SSSR count). The molecule has 100 valence electrons. The maximum atomic E-state index is 11.5. The number of nitrogens with one attached hydrogen (secondary N) is 1. The van der Waals surface area contributed by atoms with Crippen molar-refractivity contribution >= 4 is 40.7 Å². The van der Waals surface area contributed by atoms with Gasteiger partial charge >= 0.3 is 0 Å². The lowest BCUT2D eigenvalue weighted by Gasteiger charge is -2.05. The molecule has 0 radical (unpaired) electrons. The number of carbonyl (C=O) groups excluding carboxylic acids is 2.